The zero-order valence-corrected chi connectivity index (χ0v) is 14.9. The van der Waals surface area contributed by atoms with Gasteiger partial charge in [0.2, 0.25) is 0 Å². The third-order valence-electron chi connectivity index (χ3n) is 5.18. The van der Waals surface area contributed by atoms with Crippen LogP contribution in [0.4, 0.5) is 0 Å². The summed E-state index contributed by atoms with van der Waals surface area (Å²) in [6, 6.07) is 0. The van der Waals surface area contributed by atoms with Crippen molar-refractivity contribution >= 4 is 0 Å². The van der Waals surface area contributed by atoms with E-state index in [-0.39, 0.29) is 12.5 Å². The molecule has 0 N–H and O–H groups in total. The molecule has 0 saturated carbocycles. The summed E-state index contributed by atoms with van der Waals surface area (Å²) in [4.78, 5) is 4.93. The van der Waals surface area contributed by atoms with Crippen LogP contribution in [0.15, 0.2) is 25.3 Å². The Kier molecular flexibility index (Phi) is 8.95. The molecular weight excluding hydrogens is 284 g/mol. The standard InChI is InChI=1S/C20H36N2O/c1-3-19(21-15-11-7-5-8-12-16-21)23-20(4-2)22-17-13-9-6-10-14-18-22/h3-4,19-20H,1-2,5-18H2. The summed E-state index contributed by atoms with van der Waals surface area (Å²) in [5, 5.41) is 0. The molecule has 23 heavy (non-hydrogen) atoms. The molecule has 2 aliphatic rings. The van der Waals surface area contributed by atoms with Crippen molar-refractivity contribution < 1.29 is 4.74 Å². The summed E-state index contributed by atoms with van der Waals surface area (Å²) in [7, 11) is 0. The summed E-state index contributed by atoms with van der Waals surface area (Å²) in [6.07, 6.45) is 17.2. The van der Waals surface area contributed by atoms with Crippen molar-refractivity contribution in [1.82, 2.24) is 9.80 Å². The lowest BCUT2D eigenvalue weighted by Gasteiger charge is -2.37. The molecule has 0 radical (unpaired) electrons. The summed E-state index contributed by atoms with van der Waals surface area (Å²) < 4.78 is 6.44. The maximum atomic E-state index is 6.44. The van der Waals surface area contributed by atoms with Gasteiger partial charge in [-0.3, -0.25) is 9.80 Å². The van der Waals surface area contributed by atoms with Gasteiger partial charge >= 0.3 is 0 Å². The Morgan fingerprint density at radius 1 is 0.565 bits per heavy atom. The summed E-state index contributed by atoms with van der Waals surface area (Å²) >= 11 is 0. The molecule has 0 aliphatic carbocycles. The summed E-state index contributed by atoms with van der Waals surface area (Å²) in [5.41, 5.74) is 0. The SMILES string of the molecule is C=CC(OC(C=C)N1CCCCCCC1)N1CCCCCCC1. The predicted octanol–water partition coefficient (Wildman–Crippen LogP) is 4.56. The van der Waals surface area contributed by atoms with E-state index >= 15 is 0 Å². The minimum Gasteiger partial charge on any atom is -0.338 e. The topological polar surface area (TPSA) is 15.7 Å². The van der Waals surface area contributed by atoms with Gasteiger partial charge in [0, 0.05) is 26.2 Å². The van der Waals surface area contributed by atoms with Crippen LogP contribution < -0.4 is 0 Å². The molecule has 2 rings (SSSR count). The van der Waals surface area contributed by atoms with E-state index in [1.165, 1.54) is 64.2 Å². The van der Waals surface area contributed by atoms with Crippen LogP contribution in [0.5, 0.6) is 0 Å². The van der Waals surface area contributed by atoms with Crippen molar-refractivity contribution in [2.45, 2.75) is 76.7 Å². The molecule has 2 atom stereocenters. The Hall–Kier alpha value is -0.640. The van der Waals surface area contributed by atoms with Gasteiger partial charge in [0.25, 0.3) is 0 Å². The second-order valence-corrected chi connectivity index (χ2v) is 7.00. The number of hydrogen-bond donors (Lipinski definition) is 0. The fourth-order valence-corrected chi connectivity index (χ4v) is 3.78. The third-order valence-corrected chi connectivity index (χ3v) is 5.18. The van der Waals surface area contributed by atoms with Crippen LogP contribution >= 0.6 is 0 Å². The maximum absolute atomic E-state index is 6.44. The van der Waals surface area contributed by atoms with E-state index in [9.17, 15) is 0 Å². The fraction of sp³-hybridized carbons (Fsp3) is 0.800. The molecule has 3 heteroatoms. The highest BCUT2D eigenvalue weighted by atomic mass is 16.5. The molecule has 0 aromatic heterocycles. The van der Waals surface area contributed by atoms with E-state index in [0.29, 0.717) is 0 Å². The zero-order valence-electron chi connectivity index (χ0n) is 14.9. The molecule has 2 unspecified atom stereocenters. The minimum absolute atomic E-state index is 0.0153. The Labute approximate surface area is 143 Å². The molecule has 0 aromatic carbocycles. The lowest BCUT2D eigenvalue weighted by atomic mass is 10.1. The fourth-order valence-electron chi connectivity index (χ4n) is 3.78. The number of ether oxygens (including phenoxy) is 1. The molecular formula is C20H36N2O. The quantitative estimate of drug-likeness (QED) is 0.667. The van der Waals surface area contributed by atoms with E-state index in [1.807, 2.05) is 12.2 Å². The average molecular weight is 321 g/mol. The Balaban J connectivity index is 1.92. The first kappa shape index (κ1) is 18.7. The van der Waals surface area contributed by atoms with Gasteiger partial charge in [-0.2, -0.15) is 0 Å². The molecule has 2 saturated heterocycles. The van der Waals surface area contributed by atoms with E-state index in [4.69, 9.17) is 4.74 Å². The lowest BCUT2D eigenvalue weighted by molar-refractivity contribution is -0.115. The zero-order chi connectivity index (χ0) is 16.3. The number of hydrogen-bond acceptors (Lipinski definition) is 3. The van der Waals surface area contributed by atoms with E-state index in [0.717, 1.165) is 26.2 Å². The molecule has 2 heterocycles. The van der Waals surface area contributed by atoms with Crippen LogP contribution in [-0.4, -0.2) is 48.4 Å². The first-order valence-corrected chi connectivity index (χ1v) is 9.74. The van der Waals surface area contributed by atoms with Gasteiger partial charge in [-0.1, -0.05) is 51.7 Å². The highest BCUT2D eigenvalue weighted by molar-refractivity contribution is 4.88. The van der Waals surface area contributed by atoms with Gasteiger partial charge in [-0.05, 0) is 37.8 Å². The van der Waals surface area contributed by atoms with Gasteiger partial charge in [0.05, 0.1) is 0 Å². The van der Waals surface area contributed by atoms with Crippen molar-refractivity contribution in [1.29, 1.82) is 0 Å². The van der Waals surface area contributed by atoms with E-state index in [2.05, 4.69) is 23.0 Å². The maximum Gasteiger partial charge on any atom is 0.131 e. The highest BCUT2D eigenvalue weighted by Crippen LogP contribution is 2.19. The molecule has 0 aromatic rings. The molecule has 0 bridgehead atoms. The van der Waals surface area contributed by atoms with E-state index < -0.39 is 0 Å². The van der Waals surface area contributed by atoms with Crippen LogP contribution in [0.2, 0.25) is 0 Å². The summed E-state index contributed by atoms with van der Waals surface area (Å²) in [5.74, 6) is 0. The molecule has 2 fully saturated rings. The molecule has 132 valence electrons. The van der Waals surface area contributed by atoms with Crippen molar-refractivity contribution in [2.75, 3.05) is 26.2 Å². The number of rotatable bonds is 6. The molecule has 0 amide bonds. The average Bonchev–Trinajstić information content (AvgIpc) is 2.50. The van der Waals surface area contributed by atoms with Crippen LogP contribution in [0.1, 0.15) is 64.2 Å². The van der Waals surface area contributed by atoms with Gasteiger partial charge in [0.15, 0.2) is 0 Å². The van der Waals surface area contributed by atoms with Crippen LogP contribution in [0.25, 0.3) is 0 Å². The highest BCUT2D eigenvalue weighted by Gasteiger charge is 2.23. The second kappa shape index (κ2) is 11.0. The Morgan fingerprint density at radius 3 is 1.17 bits per heavy atom. The largest absolute Gasteiger partial charge is 0.338 e. The van der Waals surface area contributed by atoms with Crippen LogP contribution in [0.3, 0.4) is 0 Å². The van der Waals surface area contributed by atoms with Gasteiger partial charge < -0.3 is 4.74 Å². The lowest BCUT2D eigenvalue weighted by Crippen LogP contribution is -2.45. The first-order chi connectivity index (χ1) is 11.3. The smallest absolute Gasteiger partial charge is 0.131 e. The van der Waals surface area contributed by atoms with Gasteiger partial charge in [-0.25, -0.2) is 0 Å². The van der Waals surface area contributed by atoms with Crippen LogP contribution in [-0.2, 0) is 4.74 Å². The number of nitrogens with zero attached hydrogens (tertiary/aromatic N) is 2. The normalized spacial score (nSPS) is 25.4. The first-order valence-electron chi connectivity index (χ1n) is 9.74. The molecule has 0 spiro atoms. The minimum atomic E-state index is 0.0153. The Morgan fingerprint density at radius 2 is 0.870 bits per heavy atom. The number of likely N-dealkylation sites (tertiary alicyclic amines) is 2. The second-order valence-electron chi connectivity index (χ2n) is 7.00. The molecule has 3 nitrogen and oxygen atoms in total. The van der Waals surface area contributed by atoms with Crippen molar-refractivity contribution in [3.63, 3.8) is 0 Å². The van der Waals surface area contributed by atoms with Crippen molar-refractivity contribution in [3.05, 3.63) is 25.3 Å². The third kappa shape index (κ3) is 6.40. The predicted molar refractivity (Wildman–Crippen MR) is 98.4 cm³/mol. The van der Waals surface area contributed by atoms with Crippen molar-refractivity contribution in [3.8, 4) is 0 Å². The summed E-state index contributed by atoms with van der Waals surface area (Å²) in [6.45, 7) is 12.6. The van der Waals surface area contributed by atoms with Crippen molar-refractivity contribution in [2.24, 2.45) is 0 Å². The molecule has 2 aliphatic heterocycles. The van der Waals surface area contributed by atoms with Crippen LogP contribution in [0, 0.1) is 0 Å². The van der Waals surface area contributed by atoms with Gasteiger partial charge in [-0.15, -0.1) is 0 Å². The monoisotopic (exact) mass is 320 g/mol. The Bertz CT molecular complexity index is 297. The van der Waals surface area contributed by atoms with Gasteiger partial charge in [0.1, 0.15) is 12.5 Å². The van der Waals surface area contributed by atoms with E-state index in [1.54, 1.807) is 0 Å².